The lowest BCUT2D eigenvalue weighted by Crippen LogP contribution is -2.49. The van der Waals surface area contributed by atoms with Gasteiger partial charge in [-0.1, -0.05) is 24.3 Å². The third-order valence-electron chi connectivity index (χ3n) is 5.19. The molecule has 0 bridgehead atoms. The average molecular weight is 439 g/mol. The van der Waals surface area contributed by atoms with Gasteiger partial charge in [0.1, 0.15) is 6.54 Å². The zero-order valence-electron chi connectivity index (χ0n) is 16.4. The predicted octanol–water partition coefficient (Wildman–Crippen LogP) is 3.76. The highest BCUT2D eigenvalue weighted by Crippen LogP contribution is 2.44. The fourth-order valence-corrected chi connectivity index (χ4v) is 3.92. The second-order valence-electron chi connectivity index (χ2n) is 7.27. The fraction of sp³-hybridized carbons (Fsp3) is 0.182. The first-order chi connectivity index (χ1) is 15.3. The van der Waals surface area contributed by atoms with Gasteiger partial charge in [-0.05, 0) is 29.8 Å². The summed E-state index contributed by atoms with van der Waals surface area (Å²) in [4.78, 5) is 27.1. The van der Waals surface area contributed by atoms with E-state index in [1.54, 1.807) is 30.3 Å². The molecule has 2 amide bonds. The molecule has 0 saturated heterocycles. The van der Waals surface area contributed by atoms with Crippen LogP contribution in [0.1, 0.15) is 39.0 Å². The van der Waals surface area contributed by atoms with Gasteiger partial charge >= 0.3 is 6.18 Å². The van der Waals surface area contributed by atoms with E-state index in [0.717, 1.165) is 0 Å². The molecule has 2 N–H and O–H groups in total. The molecule has 162 valence electrons. The van der Waals surface area contributed by atoms with Gasteiger partial charge < -0.3 is 10.2 Å². The first kappa shape index (κ1) is 21.1. The molecule has 0 radical (unpaired) electrons. The number of hydrogen-bond acceptors (Lipinski definition) is 4. The Morgan fingerprint density at radius 1 is 1.22 bits per heavy atom. The zero-order chi connectivity index (χ0) is 22.9. The number of alkyl halides is 3. The van der Waals surface area contributed by atoms with Gasteiger partial charge in [0.15, 0.2) is 0 Å². The fourth-order valence-electron chi connectivity index (χ4n) is 3.92. The van der Waals surface area contributed by atoms with Crippen molar-refractivity contribution in [3.05, 3.63) is 83.2 Å². The normalized spacial score (nSPS) is 18.1. The Balaban J connectivity index is 1.82. The number of fused-ring (bicyclic) bond motifs is 1. The van der Waals surface area contributed by atoms with Crippen LogP contribution in [0.2, 0.25) is 0 Å². The molecule has 32 heavy (non-hydrogen) atoms. The molecule has 1 aliphatic heterocycles. The molecule has 7 nitrogen and oxygen atoms in total. The van der Waals surface area contributed by atoms with Crippen molar-refractivity contribution in [1.29, 1.82) is 5.26 Å². The van der Waals surface area contributed by atoms with Gasteiger partial charge in [-0.25, -0.2) is 0 Å². The van der Waals surface area contributed by atoms with Crippen molar-refractivity contribution < 1.29 is 22.8 Å². The number of nitriles is 1. The van der Waals surface area contributed by atoms with Crippen molar-refractivity contribution in [2.45, 2.75) is 18.1 Å². The molecule has 4 rings (SSSR count). The summed E-state index contributed by atoms with van der Waals surface area (Å²) in [6.45, 7) is -1.52. The molecule has 0 aliphatic carbocycles. The van der Waals surface area contributed by atoms with E-state index in [1.807, 2.05) is 6.07 Å². The number of nitrogens with zero attached hydrogens (tertiary/aromatic N) is 3. The van der Waals surface area contributed by atoms with E-state index in [9.17, 15) is 22.8 Å². The number of rotatable bonds is 4. The first-order valence-corrected chi connectivity index (χ1v) is 9.55. The highest BCUT2D eigenvalue weighted by atomic mass is 19.4. The highest BCUT2D eigenvalue weighted by Gasteiger charge is 2.48. The number of nitrogens with one attached hydrogen (secondary N) is 2. The maximum absolute atomic E-state index is 13.4. The number of aromatic nitrogens is 2. The van der Waals surface area contributed by atoms with Gasteiger partial charge in [-0.15, -0.1) is 0 Å². The van der Waals surface area contributed by atoms with E-state index >= 15 is 0 Å². The molecule has 0 unspecified atom stereocenters. The van der Waals surface area contributed by atoms with E-state index in [-0.39, 0.29) is 11.1 Å². The number of carbonyl (C=O) groups is 2. The van der Waals surface area contributed by atoms with Crippen LogP contribution in [0.5, 0.6) is 0 Å². The summed E-state index contributed by atoms with van der Waals surface area (Å²) in [5.41, 5.74) is 1.24. The smallest absolute Gasteiger partial charge is 0.325 e. The monoisotopic (exact) mass is 439 g/mol. The molecular formula is C22H16F3N5O2. The van der Waals surface area contributed by atoms with Crippen LogP contribution >= 0.6 is 0 Å². The van der Waals surface area contributed by atoms with Gasteiger partial charge in [0, 0.05) is 23.0 Å². The molecule has 2 aromatic carbocycles. The summed E-state index contributed by atoms with van der Waals surface area (Å²) in [6, 6.07) is 13.0. The lowest BCUT2D eigenvalue weighted by Gasteiger charge is -2.41. The van der Waals surface area contributed by atoms with Crippen LogP contribution in [0.4, 0.5) is 18.9 Å². The summed E-state index contributed by atoms with van der Waals surface area (Å²) in [5, 5.41) is 18.1. The third kappa shape index (κ3) is 4.05. The molecular weight excluding hydrogens is 423 g/mol. The van der Waals surface area contributed by atoms with Crippen LogP contribution in [0, 0.1) is 11.3 Å². The molecule has 10 heteroatoms. The average Bonchev–Trinajstić information content (AvgIpc) is 3.29. The third-order valence-corrected chi connectivity index (χ3v) is 5.19. The number of H-pyrrole nitrogens is 1. The van der Waals surface area contributed by atoms with E-state index in [4.69, 9.17) is 5.26 Å². The second kappa shape index (κ2) is 8.19. The van der Waals surface area contributed by atoms with Crippen molar-refractivity contribution in [2.75, 3.05) is 11.9 Å². The Bertz CT molecular complexity index is 1200. The van der Waals surface area contributed by atoms with E-state index < -0.39 is 36.5 Å². The van der Waals surface area contributed by atoms with Crippen LogP contribution in [0.25, 0.3) is 0 Å². The standard InChI is InChI=1S/C22H16F3N5O2/c23-22(24,25)12-30-19(14-10-27-28-11-14)18(16-6-1-2-7-17(16)21(30)32)20(31)29-15-5-3-4-13(8-15)9-26/h1-8,10-11,18-19H,12H2,(H,27,28)(H,29,31)/t18-,19+/m1/s1. The van der Waals surface area contributed by atoms with E-state index in [0.29, 0.717) is 21.7 Å². The van der Waals surface area contributed by atoms with Gasteiger partial charge in [0.25, 0.3) is 5.91 Å². The molecule has 1 aromatic heterocycles. The van der Waals surface area contributed by atoms with E-state index in [1.165, 1.54) is 30.6 Å². The van der Waals surface area contributed by atoms with Crippen LogP contribution in [0.3, 0.4) is 0 Å². The van der Waals surface area contributed by atoms with Crippen LogP contribution in [-0.4, -0.2) is 39.6 Å². The number of carbonyl (C=O) groups excluding carboxylic acids is 2. The Labute approximate surface area is 180 Å². The molecule has 2 atom stereocenters. The van der Waals surface area contributed by atoms with Crippen molar-refractivity contribution in [3.8, 4) is 6.07 Å². The zero-order valence-corrected chi connectivity index (χ0v) is 16.4. The van der Waals surface area contributed by atoms with Gasteiger partial charge in [0.05, 0.1) is 29.8 Å². The summed E-state index contributed by atoms with van der Waals surface area (Å²) < 4.78 is 40.2. The summed E-state index contributed by atoms with van der Waals surface area (Å²) in [6.07, 6.45) is -2.01. The van der Waals surface area contributed by atoms with E-state index in [2.05, 4.69) is 15.5 Å². The maximum Gasteiger partial charge on any atom is 0.406 e. The number of anilines is 1. The quantitative estimate of drug-likeness (QED) is 0.646. The Morgan fingerprint density at radius 2 is 2.00 bits per heavy atom. The van der Waals surface area contributed by atoms with Gasteiger partial charge in [-0.3, -0.25) is 14.7 Å². The van der Waals surface area contributed by atoms with Gasteiger partial charge in [0.2, 0.25) is 5.91 Å². The van der Waals surface area contributed by atoms with Crippen LogP contribution < -0.4 is 5.32 Å². The maximum atomic E-state index is 13.4. The Kier molecular flexibility index (Phi) is 5.40. The number of hydrogen-bond donors (Lipinski definition) is 2. The second-order valence-corrected chi connectivity index (χ2v) is 7.27. The molecule has 0 spiro atoms. The summed E-state index contributed by atoms with van der Waals surface area (Å²) in [5.74, 6) is -2.58. The van der Waals surface area contributed by atoms with Crippen LogP contribution in [-0.2, 0) is 4.79 Å². The first-order valence-electron chi connectivity index (χ1n) is 9.55. The SMILES string of the molecule is N#Cc1cccc(NC(=O)[C@@H]2c3ccccc3C(=O)N(CC(F)(F)F)[C@H]2c2cn[nH]c2)c1. The Morgan fingerprint density at radius 3 is 2.69 bits per heavy atom. The largest absolute Gasteiger partial charge is 0.406 e. The minimum absolute atomic E-state index is 0.0300. The minimum atomic E-state index is -4.67. The van der Waals surface area contributed by atoms with Crippen molar-refractivity contribution in [3.63, 3.8) is 0 Å². The minimum Gasteiger partial charge on any atom is -0.325 e. The lowest BCUT2D eigenvalue weighted by atomic mass is 9.79. The summed E-state index contributed by atoms with van der Waals surface area (Å²) >= 11 is 0. The topological polar surface area (TPSA) is 102 Å². The van der Waals surface area contributed by atoms with Gasteiger partial charge in [-0.2, -0.15) is 23.5 Å². The van der Waals surface area contributed by atoms with Crippen molar-refractivity contribution in [2.24, 2.45) is 0 Å². The number of aromatic amines is 1. The lowest BCUT2D eigenvalue weighted by molar-refractivity contribution is -0.148. The number of amides is 2. The van der Waals surface area contributed by atoms with Crippen molar-refractivity contribution in [1.82, 2.24) is 15.1 Å². The Hall–Kier alpha value is -4.13. The van der Waals surface area contributed by atoms with Crippen molar-refractivity contribution >= 4 is 17.5 Å². The molecule has 1 aliphatic rings. The number of halogens is 3. The molecule has 0 saturated carbocycles. The molecule has 2 heterocycles. The molecule has 0 fully saturated rings. The predicted molar refractivity (Wildman–Crippen MR) is 107 cm³/mol. The van der Waals surface area contributed by atoms with Crippen LogP contribution in [0.15, 0.2) is 60.9 Å². The number of benzene rings is 2. The summed E-state index contributed by atoms with van der Waals surface area (Å²) in [7, 11) is 0. The molecule has 3 aromatic rings. The highest BCUT2D eigenvalue weighted by molar-refractivity contribution is 6.04.